The molecular weight excluding hydrogens is 523 g/mol. The maximum absolute atomic E-state index is 14.9. The van der Waals surface area contributed by atoms with E-state index in [-0.39, 0.29) is 33.5 Å². The van der Waals surface area contributed by atoms with E-state index in [1.165, 1.54) is 24.3 Å². The Balaban J connectivity index is 1.61. The number of fused-ring (bicyclic) bond motifs is 1. The fraction of sp³-hybridized carbons (Fsp3) is 0.200. The van der Waals surface area contributed by atoms with Gasteiger partial charge >= 0.3 is 6.18 Å². The van der Waals surface area contributed by atoms with E-state index in [1.807, 2.05) is 0 Å². The zero-order valence-electron chi connectivity index (χ0n) is 18.6. The summed E-state index contributed by atoms with van der Waals surface area (Å²) in [6.45, 7) is -0.844. The van der Waals surface area contributed by atoms with Crippen LogP contribution in [0.2, 0.25) is 5.02 Å². The van der Waals surface area contributed by atoms with Crippen LogP contribution in [-0.2, 0) is 16.5 Å². The van der Waals surface area contributed by atoms with Crippen LogP contribution in [0.3, 0.4) is 0 Å². The number of rotatable bonds is 4. The largest absolute Gasteiger partial charge is 0.416 e. The van der Waals surface area contributed by atoms with Gasteiger partial charge in [0.25, 0.3) is 11.8 Å². The molecule has 1 unspecified atom stereocenters. The van der Waals surface area contributed by atoms with Crippen molar-refractivity contribution >= 4 is 29.1 Å². The third kappa shape index (κ3) is 4.32. The molecule has 6 nitrogen and oxygen atoms in total. The number of hydrogen-bond acceptors (Lipinski definition) is 4. The fourth-order valence-electron chi connectivity index (χ4n) is 4.49. The third-order valence-corrected chi connectivity index (χ3v) is 6.59. The van der Waals surface area contributed by atoms with Crippen LogP contribution in [0, 0.1) is 11.6 Å². The van der Waals surface area contributed by atoms with Gasteiger partial charge < -0.3 is 20.5 Å². The Labute approximate surface area is 211 Å². The first kappa shape index (κ1) is 25.1. The van der Waals surface area contributed by atoms with Crippen molar-refractivity contribution in [1.82, 2.24) is 5.32 Å². The highest BCUT2D eigenvalue weighted by molar-refractivity contribution is 6.31. The quantitative estimate of drug-likeness (QED) is 0.411. The van der Waals surface area contributed by atoms with Gasteiger partial charge in [-0.15, -0.1) is 0 Å². The highest BCUT2D eigenvalue weighted by atomic mass is 35.5. The summed E-state index contributed by atoms with van der Waals surface area (Å²) in [6, 6.07) is 7.40. The van der Waals surface area contributed by atoms with Gasteiger partial charge in [-0.3, -0.25) is 9.59 Å². The van der Waals surface area contributed by atoms with Gasteiger partial charge in [0, 0.05) is 38.5 Å². The molecule has 2 heterocycles. The van der Waals surface area contributed by atoms with Gasteiger partial charge in [0.1, 0.15) is 17.2 Å². The summed E-state index contributed by atoms with van der Waals surface area (Å²) in [7, 11) is 0. The summed E-state index contributed by atoms with van der Waals surface area (Å²) in [6.07, 6.45) is -4.98. The van der Waals surface area contributed by atoms with Crippen LogP contribution in [-0.4, -0.2) is 30.1 Å². The lowest BCUT2D eigenvalue weighted by atomic mass is 9.86. The van der Waals surface area contributed by atoms with E-state index < -0.39 is 71.2 Å². The van der Waals surface area contributed by atoms with Crippen molar-refractivity contribution in [3.63, 3.8) is 0 Å². The van der Waals surface area contributed by atoms with E-state index in [1.54, 1.807) is 0 Å². The molecule has 2 amide bonds. The smallest absolute Gasteiger partial charge is 0.380 e. The Bertz CT molecular complexity index is 1460. The molecule has 0 bridgehead atoms. The Morgan fingerprint density at radius 3 is 2.51 bits per heavy atom. The molecule has 1 atom stereocenters. The van der Waals surface area contributed by atoms with Gasteiger partial charge in [-0.25, -0.2) is 8.78 Å². The number of ether oxygens (including phenoxy) is 1. The highest BCUT2D eigenvalue weighted by Crippen LogP contribution is 2.41. The zero-order valence-corrected chi connectivity index (χ0v) is 19.3. The second-order valence-corrected chi connectivity index (χ2v) is 9.10. The summed E-state index contributed by atoms with van der Waals surface area (Å²) in [5, 5.41) is 15.8. The number of amides is 2. The SMILES string of the molecule is O=C1NC(c2cc(F)ccc2Cl)c2c(NC(=O)c3cc(C(F)(F)F)cc(F)c3C3(O)COC3)cccc21. The predicted octanol–water partition coefficient (Wildman–Crippen LogP) is 4.94. The second-order valence-electron chi connectivity index (χ2n) is 8.70. The number of halogens is 6. The standard InChI is InChI=1S/C25H16ClF5N2O4/c26-16-5-4-12(27)8-14(16)21-19-13(22(34)33-21)2-1-3-18(19)32-23(35)15-6-11(25(29,30)31)7-17(28)20(15)24(36)9-37-10-24/h1-8,21,36H,9-10H2,(H,32,35)(H,33,34). The number of anilines is 1. The summed E-state index contributed by atoms with van der Waals surface area (Å²) in [4.78, 5) is 25.9. The average Bonchev–Trinajstić information content (AvgIpc) is 3.15. The van der Waals surface area contributed by atoms with Gasteiger partial charge in [0.15, 0.2) is 0 Å². The van der Waals surface area contributed by atoms with Crippen molar-refractivity contribution in [3.8, 4) is 0 Å². The van der Waals surface area contributed by atoms with Crippen molar-refractivity contribution in [2.45, 2.75) is 17.8 Å². The normalized spacial score (nSPS) is 18.1. The number of carbonyl (C=O) groups excluding carboxylic acids is 2. The van der Waals surface area contributed by atoms with E-state index in [4.69, 9.17) is 16.3 Å². The van der Waals surface area contributed by atoms with Crippen LogP contribution in [0.25, 0.3) is 0 Å². The lowest BCUT2D eigenvalue weighted by molar-refractivity contribution is -0.186. The first-order chi connectivity index (χ1) is 17.4. The molecule has 3 aromatic rings. The number of alkyl halides is 3. The van der Waals surface area contributed by atoms with Crippen molar-refractivity contribution < 1.29 is 41.4 Å². The molecule has 2 aliphatic heterocycles. The van der Waals surface area contributed by atoms with E-state index >= 15 is 0 Å². The second kappa shape index (κ2) is 8.79. The molecule has 0 spiro atoms. The summed E-state index contributed by atoms with van der Waals surface area (Å²) in [5.74, 6) is -3.78. The van der Waals surface area contributed by atoms with Crippen LogP contribution in [0.1, 0.15) is 49.0 Å². The van der Waals surface area contributed by atoms with Crippen molar-refractivity contribution in [2.24, 2.45) is 0 Å². The van der Waals surface area contributed by atoms with Gasteiger partial charge in [-0.05, 0) is 42.5 Å². The van der Waals surface area contributed by atoms with E-state index in [2.05, 4.69) is 10.6 Å². The zero-order chi connectivity index (χ0) is 26.7. The highest BCUT2D eigenvalue weighted by Gasteiger charge is 2.45. The maximum Gasteiger partial charge on any atom is 0.416 e. The number of nitrogens with one attached hydrogen (secondary N) is 2. The van der Waals surface area contributed by atoms with Crippen LogP contribution in [0.5, 0.6) is 0 Å². The van der Waals surface area contributed by atoms with Crippen molar-refractivity contribution in [2.75, 3.05) is 18.5 Å². The molecule has 3 N–H and O–H groups in total. The van der Waals surface area contributed by atoms with Crippen LogP contribution >= 0.6 is 11.6 Å². The van der Waals surface area contributed by atoms with Crippen molar-refractivity contribution in [1.29, 1.82) is 0 Å². The number of aliphatic hydroxyl groups is 1. The molecule has 192 valence electrons. The van der Waals surface area contributed by atoms with Crippen LogP contribution in [0.15, 0.2) is 48.5 Å². The molecule has 3 aromatic carbocycles. The Hall–Kier alpha value is -3.54. The lowest BCUT2D eigenvalue weighted by Crippen LogP contribution is -2.48. The summed E-state index contributed by atoms with van der Waals surface area (Å²) >= 11 is 6.22. The third-order valence-electron chi connectivity index (χ3n) is 6.24. The monoisotopic (exact) mass is 538 g/mol. The summed E-state index contributed by atoms with van der Waals surface area (Å²) in [5.41, 5.74) is -4.35. The van der Waals surface area contributed by atoms with E-state index in [9.17, 15) is 36.6 Å². The Morgan fingerprint density at radius 1 is 1.14 bits per heavy atom. The molecule has 0 radical (unpaired) electrons. The van der Waals surface area contributed by atoms with Gasteiger partial charge in [-0.1, -0.05) is 17.7 Å². The minimum Gasteiger partial charge on any atom is -0.380 e. The number of carbonyl (C=O) groups is 2. The lowest BCUT2D eigenvalue weighted by Gasteiger charge is -2.38. The Kier molecular flexibility index (Phi) is 5.97. The molecule has 2 aliphatic rings. The van der Waals surface area contributed by atoms with E-state index in [0.29, 0.717) is 6.07 Å². The minimum absolute atomic E-state index is 0.00760. The molecule has 37 heavy (non-hydrogen) atoms. The molecule has 5 rings (SSSR count). The van der Waals surface area contributed by atoms with Gasteiger partial charge in [-0.2, -0.15) is 13.2 Å². The predicted molar refractivity (Wildman–Crippen MR) is 121 cm³/mol. The molecule has 0 aromatic heterocycles. The molecule has 0 saturated carbocycles. The van der Waals surface area contributed by atoms with E-state index in [0.717, 1.165) is 12.1 Å². The topological polar surface area (TPSA) is 87.7 Å². The molecule has 0 aliphatic carbocycles. The Morgan fingerprint density at radius 2 is 1.86 bits per heavy atom. The fourth-order valence-corrected chi connectivity index (χ4v) is 4.71. The maximum atomic E-state index is 14.9. The molecule has 1 fully saturated rings. The average molecular weight is 539 g/mol. The molecular formula is C25H16ClF5N2O4. The first-order valence-corrected chi connectivity index (χ1v) is 11.2. The summed E-state index contributed by atoms with van der Waals surface area (Å²) < 4.78 is 74.0. The van der Waals surface area contributed by atoms with Gasteiger partial charge in [0.05, 0.1) is 24.8 Å². The molecule has 12 heteroatoms. The molecule has 1 saturated heterocycles. The van der Waals surface area contributed by atoms with Crippen molar-refractivity contribution in [3.05, 3.63) is 98.6 Å². The number of benzene rings is 3. The van der Waals surface area contributed by atoms with Crippen LogP contribution < -0.4 is 10.6 Å². The van der Waals surface area contributed by atoms with Gasteiger partial charge in [0.2, 0.25) is 0 Å². The minimum atomic E-state index is -4.98. The first-order valence-electron chi connectivity index (χ1n) is 10.8. The van der Waals surface area contributed by atoms with Crippen LogP contribution in [0.4, 0.5) is 27.6 Å². The number of hydrogen-bond donors (Lipinski definition) is 3.